The number of hydrogen-bond donors (Lipinski definition) is 1. The number of nitrogens with one attached hydrogen (secondary N) is 1. The molecule has 2 heterocycles. The second kappa shape index (κ2) is 4.81. The molecule has 2 rings (SSSR count). The molecule has 0 aromatic carbocycles. The third-order valence-corrected chi connectivity index (χ3v) is 3.41. The summed E-state index contributed by atoms with van der Waals surface area (Å²) in [6.45, 7) is 11.3. The molecule has 1 aromatic rings. The van der Waals surface area contributed by atoms with E-state index in [2.05, 4.69) is 43.8 Å². The van der Waals surface area contributed by atoms with Crippen LogP contribution in [0, 0.1) is 5.41 Å². The van der Waals surface area contributed by atoms with Gasteiger partial charge in [0.15, 0.2) is 0 Å². The number of rotatable bonds is 2. The Labute approximate surface area is 105 Å². The van der Waals surface area contributed by atoms with E-state index in [9.17, 15) is 0 Å². The van der Waals surface area contributed by atoms with Crippen molar-refractivity contribution in [1.29, 1.82) is 0 Å². The van der Waals surface area contributed by atoms with Crippen molar-refractivity contribution in [1.82, 2.24) is 14.9 Å². The number of aromatic nitrogens is 2. The molecule has 1 atom stereocenters. The normalized spacial score (nSPS) is 21.1. The molecule has 0 amide bonds. The second-order valence-corrected chi connectivity index (χ2v) is 6.14. The Morgan fingerprint density at radius 1 is 1.47 bits per heavy atom. The number of fused-ring (bicyclic) bond motifs is 1. The van der Waals surface area contributed by atoms with Crippen LogP contribution in [0.15, 0.2) is 6.20 Å². The molecule has 17 heavy (non-hydrogen) atoms. The van der Waals surface area contributed by atoms with Gasteiger partial charge in [0.2, 0.25) is 0 Å². The SMILES string of the molecule is CCCc1cn2c(n1)[C@@H](C(C)(C)C)NCCC2. The standard InChI is InChI=1S/C14H25N3/c1-5-7-11-10-17-9-6-8-15-12(13(17)16-11)14(2,3)4/h10,12,15H,5-9H2,1-4H3/t12-/m0/s1. The van der Waals surface area contributed by atoms with Crippen LogP contribution in [-0.4, -0.2) is 16.1 Å². The Morgan fingerprint density at radius 2 is 2.24 bits per heavy atom. The van der Waals surface area contributed by atoms with Crippen molar-refractivity contribution >= 4 is 0 Å². The van der Waals surface area contributed by atoms with Gasteiger partial charge in [-0.3, -0.25) is 0 Å². The zero-order valence-corrected chi connectivity index (χ0v) is 11.6. The molecule has 1 N–H and O–H groups in total. The number of aryl methyl sites for hydroxylation is 2. The van der Waals surface area contributed by atoms with Gasteiger partial charge in [0.05, 0.1) is 11.7 Å². The van der Waals surface area contributed by atoms with Crippen LogP contribution in [0.5, 0.6) is 0 Å². The third-order valence-electron chi connectivity index (χ3n) is 3.41. The largest absolute Gasteiger partial charge is 0.333 e. The fraction of sp³-hybridized carbons (Fsp3) is 0.786. The lowest BCUT2D eigenvalue weighted by Gasteiger charge is -2.29. The van der Waals surface area contributed by atoms with E-state index in [1.165, 1.54) is 24.4 Å². The van der Waals surface area contributed by atoms with Crippen LogP contribution in [0.2, 0.25) is 0 Å². The molecule has 1 aliphatic rings. The first kappa shape index (κ1) is 12.6. The van der Waals surface area contributed by atoms with Crippen molar-refractivity contribution in [2.45, 2.75) is 59.5 Å². The summed E-state index contributed by atoms with van der Waals surface area (Å²) in [6, 6.07) is 0.371. The minimum atomic E-state index is 0.219. The van der Waals surface area contributed by atoms with Crippen LogP contribution in [0.25, 0.3) is 0 Å². The van der Waals surface area contributed by atoms with Gasteiger partial charge in [-0.1, -0.05) is 34.1 Å². The van der Waals surface area contributed by atoms with Crippen molar-refractivity contribution in [2.75, 3.05) is 6.54 Å². The fourth-order valence-corrected chi connectivity index (χ4v) is 2.55. The lowest BCUT2D eigenvalue weighted by molar-refractivity contribution is 0.266. The minimum Gasteiger partial charge on any atom is -0.333 e. The van der Waals surface area contributed by atoms with E-state index in [0.29, 0.717) is 6.04 Å². The summed E-state index contributed by atoms with van der Waals surface area (Å²) in [4.78, 5) is 4.85. The molecule has 0 bridgehead atoms. The smallest absolute Gasteiger partial charge is 0.126 e. The van der Waals surface area contributed by atoms with Crippen LogP contribution in [-0.2, 0) is 13.0 Å². The van der Waals surface area contributed by atoms with Gasteiger partial charge in [-0.15, -0.1) is 0 Å². The van der Waals surface area contributed by atoms with Crippen molar-refractivity contribution in [3.05, 3.63) is 17.7 Å². The van der Waals surface area contributed by atoms with Crippen LogP contribution in [0.4, 0.5) is 0 Å². The van der Waals surface area contributed by atoms with Crippen LogP contribution < -0.4 is 5.32 Å². The molecule has 0 spiro atoms. The molecule has 0 saturated carbocycles. The van der Waals surface area contributed by atoms with E-state index in [-0.39, 0.29) is 5.41 Å². The number of nitrogens with zero attached hydrogens (tertiary/aromatic N) is 2. The number of hydrogen-bond acceptors (Lipinski definition) is 2. The summed E-state index contributed by atoms with van der Waals surface area (Å²) in [5, 5.41) is 3.65. The van der Waals surface area contributed by atoms with E-state index in [1.54, 1.807) is 0 Å². The molecule has 1 aliphatic heterocycles. The predicted octanol–water partition coefficient (Wildman–Crippen LogP) is 2.92. The monoisotopic (exact) mass is 235 g/mol. The quantitative estimate of drug-likeness (QED) is 0.854. The van der Waals surface area contributed by atoms with E-state index in [4.69, 9.17) is 4.98 Å². The van der Waals surface area contributed by atoms with Crippen molar-refractivity contribution < 1.29 is 0 Å². The molecule has 0 radical (unpaired) electrons. The Kier molecular flexibility index (Phi) is 3.57. The molecular weight excluding hydrogens is 210 g/mol. The molecule has 96 valence electrons. The second-order valence-electron chi connectivity index (χ2n) is 6.14. The van der Waals surface area contributed by atoms with Gasteiger partial charge in [0.1, 0.15) is 5.82 Å². The summed E-state index contributed by atoms with van der Waals surface area (Å²) in [7, 11) is 0. The average Bonchev–Trinajstić information content (AvgIpc) is 2.49. The highest BCUT2D eigenvalue weighted by Crippen LogP contribution is 2.33. The zero-order chi connectivity index (χ0) is 12.5. The Bertz CT molecular complexity index is 373. The van der Waals surface area contributed by atoms with Gasteiger partial charge >= 0.3 is 0 Å². The maximum atomic E-state index is 4.85. The maximum Gasteiger partial charge on any atom is 0.126 e. The molecule has 3 heteroatoms. The molecule has 0 unspecified atom stereocenters. The van der Waals surface area contributed by atoms with Crippen LogP contribution in [0.3, 0.4) is 0 Å². The molecule has 3 nitrogen and oxygen atoms in total. The van der Waals surface area contributed by atoms with Gasteiger partial charge in [-0.25, -0.2) is 4.98 Å². The van der Waals surface area contributed by atoms with Crippen LogP contribution >= 0.6 is 0 Å². The van der Waals surface area contributed by atoms with Gasteiger partial charge < -0.3 is 9.88 Å². The molecular formula is C14H25N3. The van der Waals surface area contributed by atoms with E-state index in [1.807, 2.05) is 0 Å². The zero-order valence-electron chi connectivity index (χ0n) is 11.6. The van der Waals surface area contributed by atoms with Crippen molar-refractivity contribution in [3.63, 3.8) is 0 Å². The summed E-state index contributed by atoms with van der Waals surface area (Å²) in [5.74, 6) is 1.23. The molecule has 0 aliphatic carbocycles. The predicted molar refractivity (Wildman–Crippen MR) is 71.0 cm³/mol. The lowest BCUT2D eigenvalue weighted by atomic mass is 9.86. The summed E-state index contributed by atoms with van der Waals surface area (Å²) < 4.78 is 2.36. The molecule has 1 aromatic heterocycles. The third kappa shape index (κ3) is 2.71. The van der Waals surface area contributed by atoms with Gasteiger partial charge in [-0.05, 0) is 24.8 Å². The number of imidazole rings is 1. The molecule has 0 fully saturated rings. The lowest BCUT2D eigenvalue weighted by Crippen LogP contribution is -2.33. The minimum absolute atomic E-state index is 0.219. The van der Waals surface area contributed by atoms with E-state index in [0.717, 1.165) is 19.5 Å². The maximum absolute atomic E-state index is 4.85. The summed E-state index contributed by atoms with van der Waals surface area (Å²) in [6.07, 6.45) is 5.72. The highest BCUT2D eigenvalue weighted by Gasteiger charge is 2.31. The Balaban J connectivity index is 2.34. The van der Waals surface area contributed by atoms with E-state index >= 15 is 0 Å². The van der Waals surface area contributed by atoms with Gasteiger partial charge in [-0.2, -0.15) is 0 Å². The first-order chi connectivity index (χ1) is 8.02. The fourth-order valence-electron chi connectivity index (χ4n) is 2.55. The van der Waals surface area contributed by atoms with Crippen LogP contribution in [0.1, 0.15) is 58.1 Å². The molecule has 0 saturated heterocycles. The highest BCUT2D eigenvalue weighted by atomic mass is 15.1. The van der Waals surface area contributed by atoms with E-state index < -0.39 is 0 Å². The Hall–Kier alpha value is -0.830. The first-order valence-corrected chi connectivity index (χ1v) is 6.81. The van der Waals surface area contributed by atoms with Gasteiger partial charge in [0, 0.05) is 12.7 Å². The van der Waals surface area contributed by atoms with Crippen molar-refractivity contribution in [2.24, 2.45) is 5.41 Å². The van der Waals surface area contributed by atoms with Gasteiger partial charge in [0.25, 0.3) is 0 Å². The summed E-state index contributed by atoms with van der Waals surface area (Å²) in [5.41, 5.74) is 1.47. The highest BCUT2D eigenvalue weighted by molar-refractivity contribution is 5.11. The topological polar surface area (TPSA) is 29.9 Å². The average molecular weight is 235 g/mol. The summed E-state index contributed by atoms with van der Waals surface area (Å²) >= 11 is 0. The Morgan fingerprint density at radius 3 is 2.88 bits per heavy atom. The van der Waals surface area contributed by atoms with Crippen molar-refractivity contribution in [3.8, 4) is 0 Å². The first-order valence-electron chi connectivity index (χ1n) is 6.81.